The third kappa shape index (κ3) is 6.10. The Labute approximate surface area is 210 Å². The Bertz CT molecular complexity index is 1330. The number of nitrogens with one attached hydrogen (secondary N) is 1. The van der Waals surface area contributed by atoms with Crippen molar-refractivity contribution in [2.75, 3.05) is 13.7 Å². The van der Waals surface area contributed by atoms with Crippen LogP contribution in [-0.2, 0) is 19.5 Å². The second-order valence-electron chi connectivity index (χ2n) is 8.39. The lowest BCUT2D eigenvalue weighted by Gasteiger charge is -2.13. The van der Waals surface area contributed by atoms with Crippen LogP contribution >= 0.6 is 0 Å². The second kappa shape index (κ2) is 12.0. The van der Waals surface area contributed by atoms with Gasteiger partial charge in [0.1, 0.15) is 11.6 Å². The lowest BCUT2D eigenvalue weighted by molar-refractivity contribution is 0.0949. The third-order valence-electron chi connectivity index (χ3n) is 5.89. The van der Waals surface area contributed by atoms with Gasteiger partial charge < -0.3 is 19.4 Å². The molecule has 1 heterocycles. The highest BCUT2D eigenvalue weighted by molar-refractivity contribution is 5.94. The minimum Gasteiger partial charge on any atom is -0.493 e. The van der Waals surface area contributed by atoms with Crippen molar-refractivity contribution in [1.82, 2.24) is 14.9 Å². The number of ether oxygens (including phenoxy) is 2. The van der Waals surface area contributed by atoms with Gasteiger partial charge >= 0.3 is 0 Å². The molecule has 0 saturated carbocycles. The molecule has 0 bridgehead atoms. The quantitative estimate of drug-likeness (QED) is 0.206. The van der Waals surface area contributed by atoms with Crippen molar-refractivity contribution >= 4 is 16.9 Å². The summed E-state index contributed by atoms with van der Waals surface area (Å²) in [6, 6.07) is 19.3. The van der Waals surface area contributed by atoms with E-state index in [1.54, 1.807) is 7.11 Å². The highest BCUT2D eigenvalue weighted by Crippen LogP contribution is 2.28. The number of nitrogens with zero attached hydrogens (tertiary/aromatic N) is 2. The van der Waals surface area contributed by atoms with E-state index < -0.39 is 0 Å². The molecule has 7 heteroatoms. The maximum absolute atomic E-state index is 13.2. The Morgan fingerprint density at radius 2 is 1.89 bits per heavy atom. The fraction of sp³-hybridized carbons (Fsp3) is 0.241. The number of carbonyl (C=O) groups is 1. The minimum atomic E-state index is -0.375. The summed E-state index contributed by atoms with van der Waals surface area (Å²) in [6.45, 7) is 5.34. The van der Waals surface area contributed by atoms with Crippen molar-refractivity contribution in [1.29, 1.82) is 0 Å². The molecule has 4 rings (SSSR count). The third-order valence-corrected chi connectivity index (χ3v) is 5.89. The zero-order valence-corrected chi connectivity index (χ0v) is 20.4. The van der Waals surface area contributed by atoms with Crippen LogP contribution in [0.2, 0.25) is 0 Å². The Kier molecular flexibility index (Phi) is 8.34. The summed E-state index contributed by atoms with van der Waals surface area (Å²) in [5, 5.41) is 2.90. The first-order valence-corrected chi connectivity index (χ1v) is 12.0. The van der Waals surface area contributed by atoms with E-state index in [4.69, 9.17) is 14.5 Å². The molecule has 0 aliphatic rings. The maximum Gasteiger partial charge on any atom is 0.251 e. The van der Waals surface area contributed by atoms with Crippen molar-refractivity contribution in [3.63, 3.8) is 0 Å². The average Bonchev–Trinajstić information content (AvgIpc) is 3.25. The SMILES string of the molecule is C=CCc1ccc(OCCCCn2c(CNC(=O)c3ccc(F)cc3)nc3ccccc32)c(OC)c1. The van der Waals surface area contributed by atoms with Crippen LogP contribution in [0.15, 0.2) is 79.4 Å². The number of allylic oxidation sites excluding steroid dienone is 1. The molecule has 0 aliphatic carbocycles. The summed E-state index contributed by atoms with van der Waals surface area (Å²) >= 11 is 0. The van der Waals surface area contributed by atoms with E-state index >= 15 is 0 Å². The molecule has 4 aromatic rings. The number of hydrogen-bond acceptors (Lipinski definition) is 4. The molecule has 0 aliphatic heterocycles. The summed E-state index contributed by atoms with van der Waals surface area (Å²) in [6.07, 6.45) is 4.35. The molecular formula is C29H30FN3O3. The zero-order valence-electron chi connectivity index (χ0n) is 20.4. The van der Waals surface area contributed by atoms with Crippen molar-refractivity contribution < 1.29 is 18.7 Å². The standard InChI is InChI=1S/C29H30FN3O3/c1-3-8-21-11-16-26(27(19-21)35-2)36-18-7-6-17-33-25-10-5-4-9-24(25)32-28(33)20-31-29(34)22-12-14-23(30)15-13-22/h3-5,9-16,19H,1,6-8,17-18,20H2,2H3,(H,31,34). The van der Waals surface area contributed by atoms with E-state index in [0.717, 1.165) is 54.0 Å². The van der Waals surface area contributed by atoms with Crippen molar-refractivity contribution in [2.45, 2.75) is 32.4 Å². The molecule has 0 unspecified atom stereocenters. The Hall–Kier alpha value is -4.13. The molecule has 0 atom stereocenters. The number of aryl methyl sites for hydroxylation is 1. The first-order valence-electron chi connectivity index (χ1n) is 12.0. The van der Waals surface area contributed by atoms with Crippen LogP contribution in [0.1, 0.15) is 34.6 Å². The molecule has 186 valence electrons. The molecule has 1 aromatic heterocycles. The van der Waals surface area contributed by atoms with E-state index in [2.05, 4.69) is 16.5 Å². The zero-order chi connectivity index (χ0) is 25.3. The Morgan fingerprint density at radius 3 is 2.67 bits per heavy atom. The number of halogens is 1. The largest absolute Gasteiger partial charge is 0.493 e. The number of carbonyl (C=O) groups excluding carboxylic acids is 1. The van der Waals surface area contributed by atoms with Crippen LogP contribution in [0.4, 0.5) is 4.39 Å². The number of fused-ring (bicyclic) bond motifs is 1. The average molecular weight is 488 g/mol. The minimum absolute atomic E-state index is 0.268. The highest BCUT2D eigenvalue weighted by atomic mass is 19.1. The number of rotatable bonds is 12. The lowest BCUT2D eigenvalue weighted by Crippen LogP contribution is -2.24. The van der Waals surface area contributed by atoms with Gasteiger partial charge in [0.05, 0.1) is 31.3 Å². The van der Waals surface area contributed by atoms with Gasteiger partial charge in [-0.05, 0) is 73.4 Å². The Morgan fingerprint density at radius 1 is 1.08 bits per heavy atom. The predicted octanol–water partition coefficient (Wildman–Crippen LogP) is 5.70. The smallest absolute Gasteiger partial charge is 0.251 e. The first kappa shape index (κ1) is 25.0. The van der Waals surface area contributed by atoms with Crippen LogP contribution < -0.4 is 14.8 Å². The number of methoxy groups -OCH3 is 1. The van der Waals surface area contributed by atoms with E-state index in [9.17, 15) is 9.18 Å². The summed E-state index contributed by atoms with van der Waals surface area (Å²) in [4.78, 5) is 17.2. The molecule has 0 fully saturated rings. The van der Waals surface area contributed by atoms with Gasteiger partial charge in [-0.3, -0.25) is 4.79 Å². The second-order valence-corrected chi connectivity index (χ2v) is 8.39. The van der Waals surface area contributed by atoms with Crippen LogP contribution in [0, 0.1) is 5.82 Å². The van der Waals surface area contributed by atoms with Crippen molar-refractivity contribution in [2.24, 2.45) is 0 Å². The lowest BCUT2D eigenvalue weighted by atomic mass is 10.1. The van der Waals surface area contributed by atoms with Crippen molar-refractivity contribution in [3.8, 4) is 11.5 Å². The van der Waals surface area contributed by atoms with Crippen LogP contribution in [0.5, 0.6) is 11.5 Å². The summed E-state index contributed by atoms with van der Waals surface area (Å²) < 4.78 is 26.7. The monoisotopic (exact) mass is 487 g/mol. The number of amides is 1. The van der Waals surface area contributed by atoms with E-state index in [-0.39, 0.29) is 18.3 Å². The maximum atomic E-state index is 13.2. The summed E-state index contributed by atoms with van der Waals surface area (Å²) in [7, 11) is 1.64. The number of imidazole rings is 1. The van der Waals surface area contributed by atoms with Gasteiger partial charge in [-0.15, -0.1) is 6.58 Å². The molecule has 3 aromatic carbocycles. The molecule has 36 heavy (non-hydrogen) atoms. The fourth-order valence-electron chi connectivity index (χ4n) is 4.05. The van der Waals surface area contributed by atoms with Gasteiger partial charge in [0.2, 0.25) is 0 Å². The predicted molar refractivity (Wildman–Crippen MR) is 139 cm³/mol. The van der Waals surface area contributed by atoms with Crippen LogP contribution in [-0.4, -0.2) is 29.2 Å². The highest BCUT2D eigenvalue weighted by Gasteiger charge is 2.13. The fourth-order valence-corrected chi connectivity index (χ4v) is 4.05. The van der Waals surface area contributed by atoms with Gasteiger partial charge in [0.25, 0.3) is 5.91 Å². The van der Waals surface area contributed by atoms with Crippen LogP contribution in [0.3, 0.4) is 0 Å². The van der Waals surface area contributed by atoms with E-state index in [0.29, 0.717) is 17.9 Å². The van der Waals surface area contributed by atoms with Crippen LogP contribution in [0.25, 0.3) is 11.0 Å². The first-order chi connectivity index (χ1) is 17.6. The topological polar surface area (TPSA) is 65.4 Å². The number of aromatic nitrogens is 2. The number of unbranched alkanes of at least 4 members (excludes halogenated alkanes) is 1. The van der Waals surface area contributed by atoms with Gasteiger partial charge in [-0.1, -0.05) is 24.3 Å². The normalized spacial score (nSPS) is 10.8. The molecular weight excluding hydrogens is 457 g/mol. The molecule has 6 nitrogen and oxygen atoms in total. The molecule has 0 saturated heterocycles. The summed E-state index contributed by atoms with van der Waals surface area (Å²) in [5.74, 6) is 1.57. The van der Waals surface area contributed by atoms with Gasteiger partial charge in [0, 0.05) is 12.1 Å². The molecule has 0 radical (unpaired) electrons. The number of benzene rings is 3. The number of para-hydroxylation sites is 2. The van der Waals surface area contributed by atoms with Crippen molar-refractivity contribution in [3.05, 3.63) is 102 Å². The Balaban J connectivity index is 1.36. The van der Waals surface area contributed by atoms with Gasteiger partial charge in [-0.2, -0.15) is 0 Å². The van der Waals surface area contributed by atoms with Gasteiger partial charge in [-0.25, -0.2) is 9.37 Å². The van der Waals surface area contributed by atoms with Gasteiger partial charge in [0.15, 0.2) is 11.5 Å². The van der Waals surface area contributed by atoms with E-state index in [1.807, 2.05) is 48.5 Å². The number of hydrogen-bond donors (Lipinski definition) is 1. The van der Waals surface area contributed by atoms with E-state index in [1.165, 1.54) is 24.3 Å². The molecule has 0 spiro atoms. The molecule has 1 N–H and O–H groups in total. The molecule has 1 amide bonds. The summed E-state index contributed by atoms with van der Waals surface area (Å²) in [5.41, 5.74) is 3.43.